The Kier molecular flexibility index (Phi) is 4.44. The number of benzene rings is 1. The number of carbonyl (C=O) groups is 1. The molecule has 5 rings (SSSR count). The Hall–Kier alpha value is -2.81. The van der Waals surface area contributed by atoms with Gasteiger partial charge in [0.2, 0.25) is 0 Å². The zero-order valence-electron chi connectivity index (χ0n) is 16.8. The average Bonchev–Trinajstić information content (AvgIpc) is 3.33. The van der Waals surface area contributed by atoms with E-state index in [0.717, 1.165) is 30.4 Å². The predicted octanol–water partition coefficient (Wildman–Crippen LogP) is 5.35. The second-order valence-corrected chi connectivity index (χ2v) is 8.56. The number of carbonyl (C=O) groups excluding carboxylic acids is 1. The number of halogens is 4. The molecule has 31 heavy (non-hydrogen) atoms. The summed E-state index contributed by atoms with van der Waals surface area (Å²) in [6, 6.07) is 3.19. The van der Waals surface area contributed by atoms with E-state index in [1.54, 1.807) is 10.9 Å². The van der Waals surface area contributed by atoms with Crippen molar-refractivity contribution in [3.63, 3.8) is 0 Å². The molecule has 1 unspecified atom stereocenters. The van der Waals surface area contributed by atoms with E-state index in [1.165, 1.54) is 17.0 Å². The van der Waals surface area contributed by atoms with Gasteiger partial charge in [0.05, 0.1) is 34.1 Å². The summed E-state index contributed by atoms with van der Waals surface area (Å²) in [5.74, 6) is 0.992. The topological polar surface area (TPSA) is 66.8 Å². The van der Waals surface area contributed by atoms with Crippen LogP contribution in [0.2, 0.25) is 5.02 Å². The highest BCUT2D eigenvalue weighted by Crippen LogP contribution is 2.41. The number of alkyl halides is 3. The van der Waals surface area contributed by atoms with Gasteiger partial charge >= 0.3 is 6.18 Å². The number of aromatic nitrogens is 4. The molecule has 0 radical (unpaired) electrons. The van der Waals surface area contributed by atoms with Gasteiger partial charge in [0.15, 0.2) is 0 Å². The molecule has 1 aliphatic heterocycles. The molecule has 1 atom stereocenters. The highest BCUT2D eigenvalue weighted by atomic mass is 35.5. The Morgan fingerprint density at radius 2 is 2.00 bits per heavy atom. The Balaban J connectivity index is 1.55. The van der Waals surface area contributed by atoms with Crippen LogP contribution in [0, 0.1) is 6.92 Å². The first-order chi connectivity index (χ1) is 14.6. The molecule has 2 aromatic heterocycles. The number of aryl methyl sites for hydroxylation is 1. The van der Waals surface area contributed by atoms with Crippen molar-refractivity contribution in [3.05, 3.63) is 52.2 Å². The Bertz CT molecular complexity index is 1190. The van der Waals surface area contributed by atoms with Gasteiger partial charge in [0.1, 0.15) is 11.5 Å². The minimum absolute atomic E-state index is 0.176. The highest BCUT2D eigenvalue weighted by molar-refractivity contribution is 6.31. The van der Waals surface area contributed by atoms with Gasteiger partial charge in [-0.05, 0) is 44.9 Å². The predicted molar refractivity (Wildman–Crippen MR) is 109 cm³/mol. The molecule has 1 fully saturated rings. The molecule has 2 aliphatic rings. The minimum atomic E-state index is -4.56. The smallest absolute Gasteiger partial charge is 0.345 e. The van der Waals surface area contributed by atoms with E-state index < -0.39 is 16.8 Å². The van der Waals surface area contributed by atoms with Crippen molar-refractivity contribution in [2.24, 2.45) is 0 Å². The molecule has 0 spiro atoms. The summed E-state index contributed by atoms with van der Waals surface area (Å²) < 4.78 is 40.9. The van der Waals surface area contributed by atoms with Crippen molar-refractivity contribution in [1.29, 1.82) is 0 Å². The summed E-state index contributed by atoms with van der Waals surface area (Å²) in [5, 5.41) is 3.97. The third-order valence-electron chi connectivity index (χ3n) is 5.80. The van der Waals surface area contributed by atoms with Crippen molar-refractivity contribution in [3.8, 4) is 11.3 Å². The van der Waals surface area contributed by atoms with Crippen molar-refractivity contribution in [2.45, 2.75) is 44.8 Å². The van der Waals surface area contributed by atoms with Crippen molar-refractivity contribution in [2.75, 3.05) is 11.4 Å². The van der Waals surface area contributed by atoms with Crippen LogP contribution in [0.1, 0.15) is 59.3 Å². The summed E-state index contributed by atoms with van der Waals surface area (Å²) >= 11 is 5.89. The van der Waals surface area contributed by atoms with E-state index in [4.69, 9.17) is 16.6 Å². The summed E-state index contributed by atoms with van der Waals surface area (Å²) in [6.45, 7) is 4.07. The van der Waals surface area contributed by atoms with E-state index in [-0.39, 0.29) is 18.5 Å². The van der Waals surface area contributed by atoms with Gasteiger partial charge in [0, 0.05) is 23.8 Å². The maximum atomic E-state index is 13.4. The molecule has 3 aromatic rings. The number of amides is 1. The van der Waals surface area contributed by atoms with Crippen LogP contribution in [0.15, 0.2) is 24.4 Å². The second-order valence-electron chi connectivity index (χ2n) is 8.15. The molecule has 1 aliphatic carbocycles. The molecule has 3 heterocycles. The van der Waals surface area contributed by atoms with Crippen LogP contribution in [-0.4, -0.2) is 32.2 Å². The standard InChI is InChI=1S/C21H19ClF3N5O/c1-10-9-29(13-5-6-15(16(22)7-13)21(23,24)25)20(31)18-14(8-26-30(10)18)17-11(2)27-19(28-17)12-3-4-12/h5-8,10,12H,3-4,9H2,1-2H3,(H,27,28). The number of hydrogen-bond acceptors (Lipinski definition) is 3. The zero-order chi connectivity index (χ0) is 22.1. The Morgan fingerprint density at radius 1 is 1.26 bits per heavy atom. The van der Waals surface area contributed by atoms with Gasteiger partial charge in [0.25, 0.3) is 5.91 Å². The Morgan fingerprint density at radius 3 is 2.65 bits per heavy atom. The quantitative estimate of drug-likeness (QED) is 0.586. The molecule has 6 nitrogen and oxygen atoms in total. The number of aromatic amines is 1. The van der Waals surface area contributed by atoms with E-state index in [2.05, 4.69) is 10.1 Å². The van der Waals surface area contributed by atoms with Crippen molar-refractivity contribution >= 4 is 23.2 Å². The molecule has 162 valence electrons. The largest absolute Gasteiger partial charge is 0.417 e. The lowest BCUT2D eigenvalue weighted by Crippen LogP contribution is -2.42. The van der Waals surface area contributed by atoms with E-state index >= 15 is 0 Å². The van der Waals surface area contributed by atoms with Crippen molar-refractivity contribution < 1.29 is 18.0 Å². The number of hydrogen-bond donors (Lipinski definition) is 1. The second kappa shape index (κ2) is 6.85. The zero-order valence-corrected chi connectivity index (χ0v) is 17.6. The third-order valence-corrected chi connectivity index (χ3v) is 6.11. The van der Waals surface area contributed by atoms with Crippen LogP contribution in [0.4, 0.5) is 18.9 Å². The number of rotatable bonds is 3. The average molecular weight is 450 g/mol. The lowest BCUT2D eigenvalue weighted by Gasteiger charge is -2.32. The maximum Gasteiger partial charge on any atom is 0.417 e. The fourth-order valence-corrected chi connectivity index (χ4v) is 4.34. The number of nitrogens with zero attached hydrogens (tertiary/aromatic N) is 4. The minimum Gasteiger partial charge on any atom is -0.345 e. The maximum absolute atomic E-state index is 13.4. The molecule has 10 heteroatoms. The van der Waals surface area contributed by atoms with Crippen LogP contribution >= 0.6 is 11.6 Å². The highest BCUT2D eigenvalue weighted by Gasteiger charge is 2.37. The molecule has 1 aromatic carbocycles. The normalized spacial score (nSPS) is 19.1. The lowest BCUT2D eigenvalue weighted by atomic mass is 10.1. The molecular formula is C21H19ClF3N5O. The number of H-pyrrole nitrogens is 1. The summed E-state index contributed by atoms with van der Waals surface area (Å²) in [7, 11) is 0. The summed E-state index contributed by atoms with van der Waals surface area (Å²) in [6.07, 6.45) is -0.738. The van der Waals surface area contributed by atoms with Crippen LogP contribution in [0.5, 0.6) is 0 Å². The van der Waals surface area contributed by atoms with Gasteiger partial charge in [-0.15, -0.1) is 0 Å². The van der Waals surface area contributed by atoms with E-state index in [9.17, 15) is 18.0 Å². The molecule has 1 amide bonds. The summed E-state index contributed by atoms with van der Waals surface area (Å²) in [5.41, 5.74) is 1.89. The van der Waals surface area contributed by atoms with Crippen LogP contribution in [0.25, 0.3) is 11.3 Å². The van der Waals surface area contributed by atoms with Gasteiger partial charge in [-0.25, -0.2) is 4.98 Å². The van der Waals surface area contributed by atoms with Crippen LogP contribution in [-0.2, 0) is 6.18 Å². The van der Waals surface area contributed by atoms with Gasteiger partial charge in [-0.1, -0.05) is 11.6 Å². The summed E-state index contributed by atoms with van der Waals surface area (Å²) in [4.78, 5) is 22.9. The number of anilines is 1. The molecule has 0 bridgehead atoms. The SMILES string of the molecule is Cc1[nH]c(C2CC2)nc1-c1cnn2c1C(=O)N(c1ccc(C(F)(F)F)c(Cl)c1)CC2C. The first-order valence-corrected chi connectivity index (χ1v) is 10.4. The number of nitrogens with one attached hydrogen (secondary N) is 1. The van der Waals surface area contributed by atoms with Gasteiger partial charge in [-0.3, -0.25) is 9.48 Å². The fraction of sp³-hybridized carbons (Fsp3) is 0.381. The number of imidazole rings is 1. The van der Waals surface area contributed by atoms with Gasteiger partial charge in [-0.2, -0.15) is 18.3 Å². The monoisotopic (exact) mass is 449 g/mol. The van der Waals surface area contributed by atoms with E-state index in [0.29, 0.717) is 28.6 Å². The number of fused-ring (bicyclic) bond motifs is 1. The first kappa shape index (κ1) is 20.1. The molecule has 0 saturated heterocycles. The fourth-order valence-electron chi connectivity index (χ4n) is 4.06. The molecule has 1 N–H and O–H groups in total. The van der Waals surface area contributed by atoms with E-state index in [1.807, 2.05) is 13.8 Å². The van der Waals surface area contributed by atoms with Crippen molar-refractivity contribution in [1.82, 2.24) is 19.7 Å². The Labute approximate surface area is 181 Å². The van der Waals surface area contributed by atoms with Crippen LogP contribution < -0.4 is 4.90 Å². The third kappa shape index (κ3) is 3.31. The van der Waals surface area contributed by atoms with Crippen LogP contribution in [0.3, 0.4) is 0 Å². The molecular weight excluding hydrogens is 431 g/mol. The molecule has 1 saturated carbocycles. The first-order valence-electron chi connectivity index (χ1n) is 9.98. The van der Waals surface area contributed by atoms with Gasteiger partial charge < -0.3 is 9.88 Å². The lowest BCUT2D eigenvalue weighted by molar-refractivity contribution is -0.137.